The SMILES string of the molecule is COC(=O)CC(C)(C)C=C(C)C. The summed E-state index contributed by atoms with van der Waals surface area (Å²) in [6.07, 6.45) is 2.53. The van der Waals surface area contributed by atoms with E-state index in [4.69, 9.17) is 0 Å². The molecule has 0 aromatic carbocycles. The van der Waals surface area contributed by atoms with E-state index in [1.807, 2.05) is 27.7 Å². The Labute approximate surface area is 74.6 Å². The molecule has 0 saturated carbocycles. The molecule has 0 aliphatic heterocycles. The summed E-state index contributed by atoms with van der Waals surface area (Å²) in [7, 11) is 1.42. The third-order valence-corrected chi connectivity index (χ3v) is 1.51. The van der Waals surface area contributed by atoms with Crippen molar-refractivity contribution in [2.45, 2.75) is 34.1 Å². The molecule has 12 heavy (non-hydrogen) atoms. The van der Waals surface area contributed by atoms with Gasteiger partial charge in [0.15, 0.2) is 0 Å². The highest BCUT2D eigenvalue weighted by Crippen LogP contribution is 2.24. The molecule has 0 aliphatic carbocycles. The predicted octanol–water partition coefficient (Wildman–Crippen LogP) is 2.54. The highest BCUT2D eigenvalue weighted by Gasteiger charge is 2.19. The fourth-order valence-corrected chi connectivity index (χ4v) is 1.28. The van der Waals surface area contributed by atoms with Crippen molar-refractivity contribution in [2.75, 3.05) is 7.11 Å². The smallest absolute Gasteiger partial charge is 0.306 e. The summed E-state index contributed by atoms with van der Waals surface area (Å²) >= 11 is 0. The molecule has 0 saturated heterocycles. The molecule has 0 aromatic rings. The Morgan fingerprint density at radius 1 is 1.42 bits per heavy atom. The maximum Gasteiger partial charge on any atom is 0.306 e. The molecule has 0 fully saturated rings. The minimum absolute atomic E-state index is 0.0913. The molecular formula is C10H18O2. The van der Waals surface area contributed by atoms with Crippen molar-refractivity contribution >= 4 is 5.97 Å². The molecule has 0 unspecified atom stereocenters. The quantitative estimate of drug-likeness (QED) is 0.480. The van der Waals surface area contributed by atoms with Crippen LogP contribution in [0.15, 0.2) is 11.6 Å². The van der Waals surface area contributed by atoms with Crippen molar-refractivity contribution in [3.8, 4) is 0 Å². The van der Waals surface area contributed by atoms with Gasteiger partial charge in [-0.05, 0) is 19.3 Å². The summed E-state index contributed by atoms with van der Waals surface area (Å²) in [6.45, 7) is 8.10. The van der Waals surface area contributed by atoms with E-state index in [9.17, 15) is 4.79 Å². The highest BCUT2D eigenvalue weighted by atomic mass is 16.5. The van der Waals surface area contributed by atoms with Crippen LogP contribution in [0.3, 0.4) is 0 Å². The zero-order valence-corrected chi connectivity index (χ0v) is 8.60. The Morgan fingerprint density at radius 3 is 2.25 bits per heavy atom. The summed E-state index contributed by atoms with van der Waals surface area (Å²) in [4.78, 5) is 11.0. The van der Waals surface area contributed by atoms with Crippen LogP contribution in [0, 0.1) is 5.41 Å². The summed E-state index contributed by atoms with van der Waals surface area (Å²) in [5.41, 5.74) is 1.13. The van der Waals surface area contributed by atoms with Crippen molar-refractivity contribution in [1.29, 1.82) is 0 Å². The van der Waals surface area contributed by atoms with Crippen LogP contribution in [0.1, 0.15) is 34.1 Å². The number of carbonyl (C=O) groups excluding carboxylic acids is 1. The number of rotatable bonds is 3. The Hall–Kier alpha value is -0.790. The Morgan fingerprint density at radius 2 is 1.92 bits per heavy atom. The summed E-state index contributed by atoms with van der Waals surface area (Å²) in [5, 5.41) is 0. The number of carbonyl (C=O) groups is 1. The number of allylic oxidation sites excluding steroid dienone is 2. The predicted molar refractivity (Wildman–Crippen MR) is 49.8 cm³/mol. The lowest BCUT2D eigenvalue weighted by Crippen LogP contribution is -2.15. The minimum Gasteiger partial charge on any atom is -0.469 e. The Bertz CT molecular complexity index is 186. The second-order valence-corrected chi connectivity index (χ2v) is 3.96. The first kappa shape index (κ1) is 11.2. The van der Waals surface area contributed by atoms with E-state index >= 15 is 0 Å². The van der Waals surface area contributed by atoms with E-state index in [0.717, 1.165) is 0 Å². The van der Waals surface area contributed by atoms with Crippen LogP contribution in [0.2, 0.25) is 0 Å². The number of methoxy groups -OCH3 is 1. The molecule has 0 atom stereocenters. The van der Waals surface area contributed by atoms with Crippen LogP contribution < -0.4 is 0 Å². The summed E-state index contributed by atoms with van der Waals surface area (Å²) in [5.74, 6) is -0.155. The zero-order chi connectivity index (χ0) is 9.78. The standard InChI is InChI=1S/C10H18O2/c1-8(2)6-10(3,4)7-9(11)12-5/h6H,7H2,1-5H3. The van der Waals surface area contributed by atoms with Crippen molar-refractivity contribution < 1.29 is 9.53 Å². The van der Waals surface area contributed by atoms with Gasteiger partial charge in [-0.1, -0.05) is 25.5 Å². The average molecular weight is 170 g/mol. The molecule has 0 spiro atoms. The average Bonchev–Trinajstić information content (AvgIpc) is 1.83. The molecular weight excluding hydrogens is 152 g/mol. The van der Waals surface area contributed by atoms with E-state index in [0.29, 0.717) is 6.42 Å². The molecule has 0 aromatic heterocycles. The molecule has 0 heterocycles. The van der Waals surface area contributed by atoms with Gasteiger partial charge in [0, 0.05) is 0 Å². The van der Waals surface area contributed by atoms with E-state index < -0.39 is 0 Å². The third-order valence-electron chi connectivity index (χ3n) is 1.51. The fraction of sp³-hybridized carbons (Fsp3) is 0.700. The van der Waals surface area contributed by atoms with Crippen LogP contribution in [-0.2, 0) is 9.53 Å². The topological polar surface area (TPSA) is 26.3 Å². The largest absolute Gasteiger partial charge is 0.469 e. The lowest BCUT2D eigenvalue weighted by Gasteiger charge is -2.18. The van der Waals surface area contributed by atoms with Crippen molar-refractivity contribution in [3.05, 3.63) is 11.6 Å². The van der Waals surface area contributed by atoms with Crippen LogP contribution in [0.5, 0.6) is 0 Å². The lowest BCUT2D eigenvalue weighted by atomic mass is 9.87. The monoisotopic (exact) mass is 170 g/mol. The van der Waals surface area contributed by atoms with E-state index in [-0.39, 0.29) is 11.4 Å². The van der Waals surface area contributed by atoms with Gasteiger partial charge in [0.25, 0.3) is 0 Å². The van der Waals surface area contributed by atoms with Crippen LogP contribution in [-0.4, -0.2) is 13.1 Å². The van der Waals surface area contributed by atoms with Crippen molar-refractivity contribution in [3.63, 3.8) is 0 Å². The normalized spacial score (nSPS) is 10.8. The molecule has 70 valence electrons. The molecule has 0 aliphatic rings. The summed E-state index contributed by atoms with van der Waals surface area (Å²) in [6, 6.07) is 0. The van der Waals surface area contributed by atoms with Crippen molar-refractivity contribution in [1.82, 2.24) is 0 Å². The van der Waals surface area contributed by atoms with Crippen LogP contribution >= 0.6 is 0 Å². The molecule has 2 heteroatoms. The second kappa shape index (κ2) is 4.29. The Kier molecular flexibility index (Phi) is 4.01. The van der Waals surface area contributed by atoms with Gasteiger partial charge in [0.2, 0.25) is 0 Å². The van der Waals surface area contributed by atoms with Gasteiger partial charge in [-0.25, -0.2) is 0 Å². The molecule has 2 nitrogen and oxygen atoms in total. The van der Waals surface area contributed by atoms with Crippen molar-refractivity contribution in [2.24, 2.45) is 5.41 Å². The molecule has 0 rings (SSSR count). The van der Waals surface area contributed by atoms with Gasteiger partial charge >= 0.3 is 5.97 Å². The number of ether oxygens (including phenoxy) is 1. The first-order valence-electron chi connectivity index (χ1n) is 4.10. The van der Waals surface area contributed by atoms with Crippen LogP contribution in [0.25, 0.3) is 0 Å². The third kappa shape index (κ3) is 4.94. The lowest BCUT2D eigenvalue weighted by molar-refractivity contribution is -0.142. The number of esters is 1. The number of hydrogen-bond donors (Lipinski definition) is 0. The fourth-order valence-electron chi connectivity index (χ4n) is 1.28. The Balaban J connectivity index is 4.23. The van der Waals surface area contributed by atoms with Gasteiger partial charge in [-0.15, -0.1) is 0 Å². The molecule has 0 bridgehead atoms. The van der Waals surface area contributed by atoms with E-state index in [1.165, 1.54) is 12.7 Å². The molecule has 0 amide bonds. The van der Waals surface area contributed by atoms with Gasteiger partial charge in [0.05, 0.1) is 13.5 Å². The maximum atomic E-state index is 11.0. The van der Waals surface area contributed by atoms with Gasteiger partial charge in [-0.3, -0.25) is 4.79 Å². The van der Waals surface area contributed by atoms with E-state index in [2.05, 4.69) is 10.8 Å². The van der Waals surface area contributed by atoms with Gasteiger partial charge in [0.1, 0.15) is 0 Å². The van der Waals surface area contributed by atoms with Gasteiger partial charge in [-0.2, -0.15) is 0 Å². The summed E-state index contributed by atoms with van der Waals surface area (Å²) < 4.78 is 4.60. The molecule has 0 radical (unpaired) electrons. The van der Waals surface area contributed by atoms with Crippen LogP contribution in [0.4, 0.5) is 0 Å². The maximum absolute atomic E-state index is 11.0. The first-order valence-corrected chi connectivity index (χ1v) is 4.10. The molecule has 0 N–H and O–H groups in total. The zero-order valence-electron chi connectivity index (χ0n) is 8.60. The highest BCUT2D eigenvalue weighted by molar-refractivity contribution is 5.70. The second-order valence-electron chi connectivity index (χ2n) is 3.96. The first-order chi connectivity index (χ1) is 5.37. The van der Waals surface area contributed by atoms with E-state index in [1.54, 1.807) is 0 Å². The van der Waals surface area contributed by atoms with Gasteiger partial charge < -0.3 is 4.74 Å². The minimum atomic E-state index is -0.155. The number of hydrogen-bond acceptors (Lipinski definition) is 2.